The first kappa shape index (κ1) is 16.1. The lowest BCUT2D eigenvalue weighted by Crippen LogP contribution is -2.70. The van der Waals surface area contributed by atoms with Gasteiger partial charge in [-0.1, -0.05) is 11.6 Å². The summed E-state index contributed by atoms with van der Waals surface area (Å²) < 4.78 is 7.87. The number of likely N-dealkylation sites (N-methyl/N-ethyl adjacent to an activating group) is 1. The molecule has 7 nitrogen and oxygen atoms in total. The van der Waals surface area contributed by atoms with Crippen LogP contribution in [0.3, 0.4) is 0 Å². The molecular weight excluding hydrogens is 352 g/mol. The van der Waals surface area contributed by atoms with Crippen molar-refractivity contribution >= 4 is 34.9 Å². The van der Waals surface area contributed by atoms with Gasteiger partial charge in [0.25, 0.3) is 0 Å². The van der Waals surface area contributed by atoms with Crippen LogP contribution in [0.4, 0.5) is 17.1 Å². The number of hydrogen-bond acceptors (Lipinski definition) is 6. The van der Waals surface area contributed by atoms with Gasteiger partial charge in [0.1, 0.15) is 12.5 Å². The second kappa shape index (κ2) is 5.97. The minimum Gasteiger partial charge on any atom is -0.352 e. The predicted octanol–water partition coefficient (Wildman–Crippen LogP) is 3.05. The fraction of sp³-hybridized carbons (Fsp3) is 0.444. The fourth-order valence-corrected chi connectivity index (χ4v) is 3.99. The number of ether oxygens (including phenoxy) is 1. The molecule has 3 aliphatic heterocycles. The summed E-state index contributed by atoms with van der Waals surface area (Å²) in [6, 6.07) is 4.41. The van der Waals surface area contributed by atoms with Gasteiger partial charge >= 0.3 is 0 Å². The monoisotopic (exact) mass is 372 g/mol. The van der Waals surface area contributed by atoms with Crippen molar-refractivity contribution in [3.05, 3.63) is 35.1 Å². The molecule has 2 N–H and O–H groups in total. The van der Waals surface area contributed by atoms with Crippen LogP contribution >= 0.6 is 11.6 Å². The number of nitrogens with one attached hydrogen (secondary N) is 2. The van der Waals surface area contributed by atoms with Crippen LogP contribution in [-0.2, 0) is 4.74 Å². The Morgan fingerprint density at radius 1 is 1.31 bits per heavy atom. The van der Waals surface area contributed by atoms with Gasteiger partial charge in [-0.25, -0.2) is 0 Å². The van der Waals surface area contributed by atoms with Crippen molar-refractivity contribution < 1.29 is 4.74 Å². The first-order chi connectivity index (χ1) is 12.6. The molecule has 4 aliphatic rings. The van der Waals surface area contributed by atoms with Crippen LogP contribution in [-0.4, -0.2) is 53.5 Å². The zero-order valence-electron chi connectivity index (χ0n) is 14.5. The Kier molecular flexibility index (Phi) is 3.70. The Hall–Kier alpha value is -2.09. The molecule has 1 aromatic heterocycles. The van der Waals surface area contributed by atoms with Crippen molar-refractivity contribution in [2.45, 2.75) is 31.3 Å². The molecule has 1 aromatic carbocycles. The van der Waals surface area contributed by atoms with E-state index in [1.54, 1.807) is 0 Å². The van der Waals surface area contributed by atoms with Crippen LogP contribution in [0.25, 0.3) is 0 Å². The molecule has 6 rings (SSSR count). The van der Waals surface area contributed by atoms with Crippen molar-refractivity contribution in [1.82, 2.24) is 14.7 Å². The molecule has 1 aliphatic carbocycles. The molecular formula is C18H21ClN6O. The maximum absolute atomic E-state index is 7.73. The number of nitrogens with zero attached hydrogens (tertiary/aromatic N) is 4. The molecule has 0 radical (unpaired) electrons. The van der Waals surface area contributed by atoms with Crippen molar-refractivity contribution in [1.29, 1.82) is 5.41 Å². The lowest BCUT2D eigenvalue weighted by molar-refractivity contribution is -0.171. The molecule has 26 heavy (non-hydrogen) atoms. The largest absolute Gasteiger partial charge is 0.352 e. The molecule has 3 saturated heterocycles. The lowest BCUT2D eigenvalue weighted by Gasteiger charge is -2.56. The molecule has 4 heterocycles. The highest BCUT2D eigenvalue weighted by Gasteiger charge is 2.45. The SMILES string of the molecule is CN1CC2OC(C1)N2c1cc(Nc2cnn(C3CC3)c2)c(C=N)cc1Cl. The molecule has 2 bridgehead atoms. The quantitative estimate of drug-likeness (QED) is 0.789. The minimum atomic E-state index is 0.0348. The van der Waals surface area contributed by atoms with E-state index < -0.39 is 0 Å². The van der Waals surface area contributed by atoms with E-state index in [4.69, 9.17) is 21.7 Å². The normalized spacial score (nSPS) is 25.1. The van der Waals surface area contributed by atoms with E-state index in [0.29, 0.717) is 11.1 Å². The van der Waals surface area contributed by atoms with Crippen LogP contribution in [0.1, 0.15) is 24.4 Å². The summed E-state index contributed by atoms with van der Waals surface area (Å²) in [6.07, 6.45) is 7.64. The summed E-state index contributed by atoms with van der Waals surface area (Å²) in [5.41, 5.74) is 3.48. The number of piperazine rings is 1. The molecule has 0 spiro atoms. The Morgan fingerprint density at radius 3 is 2.77 bits per heavy atom. The number of benzene rings is 1. The lowest BCUT2D eigenvalue weighted by atomic mass is 10.1. The molecule has 1 saturated carbocycles. The number of halogens is 1. The molecule has 136 valence electrons. The average Bonchev–Trinajstić information content (AvgIpc) is 3.36. The fourth-order valence-electron chi connectivity index (χ4n) is 3.72. The highest BCUT2D eigenvalue weighted by molar-refractivity contribution is 6.33. The van der Waals surface area contributed by atoms with E-state index in [9.17, 15) is 0 Å². The molecule has 0 amide bonds. The van der Waals surface area contributed by atoms with E-state index in [1.807, 2.05) is 29.2 Å². The summed E-state index contributed by atoms with van der Waals surface area (Å²) in [5, 5.41) is 16.2. The predicted molar refractivity (Wildman–Crippen MR) is 102 cm³/mol. The van der Waals surface area contributed by atoms with Gasteiger partial charge in [0.2, 0.25) is 0 Å². The van der Waals surface area contributed by atoms with Gasteiger partial charge in [-0.2, -0.15) is 5.10 Å². The number of hydrogen-bond donors (Lipinski definition) is 2. The van der Waals surface area contributed by atoms with Gasteiger partial charge in [-0.15, -0.1) is 0 Å². The summed E-state index contributed by atoms with van der Waals surface area (Å²) in [6.45, 7) is 1.71. The minimum absolute atomic E-state index is 0.0348. The van der Waals surface area contributed by atoms with E-state index in [1.165, 1.54) is 19.1 Å². The van der Waals surface area contributed by atoms with Gasteiger partial charge in [0, 0.05) is 36.8 Å². The second-order valence-electron chi connectivity index (χ2n) is 7.27. The zero-order valence-corrected chi connectivity index (χ0v) is 15.3. The molecule has 2 aromatic rings. The molecule has 2 unspecified atom stereocenters. The topological polar surface area (TPSA) is 69.4 Å². The van der Waals surface area contributed by atoms with Crippen molar-refractivity contribution in [2.75, 3.05) is 30.4 Å². The Balaban J connectivity index is 1.45. The Morgan fingerprint density at radius 2 is 2.08 bits per heavy atom. The van der Waals surface area contributed by atoms with Gasteiger partial charge in [-0.3, -0.25) is 9.58 Å². The van der Waals surface area contributed by atoms with Crippen molar-refractivity contribution in [3.8, 4) is 0 Å². The van der Waals surface area contributed by atoms with Crippen LogP contribution < -0.4 is 10.2 Å². The Labute approximate surface area is 157 Å². The summed E-state index contributed by atoms with van der Waals surface area (Å²) >= 11 is 6.53. The van der Waals surface area contributed by atoms with Gasteiger partial charge in [0.15, 0.2) is 0 Å². The van der Waals surface area contributed by atoms with Crippen LogP contribution in [0, 0.1) is 5.41 Å². The highest BCUT2D eigenvalue weighted by atomic mass is 35.5. The summed E-state index contributed by atoms with van der Waals surface area (Å²) in [7, 11) is 2.10. The maximum Gasteiger partial charge on any atom is 0.147 e. The third-order valence-corrected chi connectivity index (χ3v) is 5.53. The Bertz CT molecular complexity index is 851. The number of fused-ring (bicyclic) bond motifs is 2. The third kappa shape index (κ3) is 2.67. The first-order valence-electron chi connectivity index (χ1n) is 8.90. The zero-order chi connectivity index (χ0) is 17.8. The van der Waals surface area contributed by atoms with Gasteiger partial charge in [-0.05, 0) is 32.0 Å². The third-order valence-electron chi connectivity index (χ3n) is 5.22. The number of morpholine rings is 1. The summed E-state index contributed by atoms with van der Waals surface area (Å²) in [4.78, 5) is 4.50. The van der Waals surface area contributed by atoms with E-state index >= 15 is 0 Å². The average molecular weight is 373 g/mol. The first-order valence-corrected chi connectivity index (χ1v) is 9.28. The van der Waals surface area contributed by atoms with Crippen LogP contribution in [0.5, 0.6) is 0 Å². The summed E-state index contributed by atoms with van der Waals surface area (Å²) in [5.74, 6) is 0. The van der Waals surface area contributed by atoms with E-state index in [0.717, 1.165) is 35.7 Å². The van der Waals surface area contributed by atoms with Crippen LogP contribution in [0.15, 0.2) is 24.5 Å². The number of aromatic nitrogens is 2. The van der Waals surface area contributed by atoms with Gasteiger partial charge in [0.05, 0.1) is 28.6 Å². The number of anilines is 3. The van der Waals surface area contributed by atoms with E-state index in [-0.39, 0.29) is 12.5 Å². The van der Waals surface area contributed by atoms with Crippen LogP contribution in [0.2, 0.25) is 5.02 Å². The van der Waals surface area contributed by atoms with Gasteiger partial charge < -0.3 is 20.4 Å². The molecule has 2 atom stereocenters. The van der Waals surface area contributed by atoms with Crippen molar-refractivity contribution in [3.63, 3.8) is 0 Å². The smallest absolute Gasteiger partial charge is 0.147 e. The second-order valence-corrected chi connectivity index (χ2v) is 7.68. The molecule has 4 fully saturated rings. The molecule has 8 heteroatoms. The number of rotatable bonds is 5. The van der Waals surface area contributed by atoms with E-state index in [2.05, 4.69) is 27.3 Å². The van der Waals surface area contributed by atoms with Crippen molar-refractivity contribution in [2.24, 2.45) is 0 Å². The maximum atomic E-state index is 7.73. The highest BCUT2D eigenvalue weighted by Crippen LogP contribution is 2.41. The standard InChI is InChI=1S/C18H21ClN6O/c1-23-9-17-25(18(10-23)26-17)16-5-15(11(6-20)4-14(16)19)22-12-7-21-24(8-12)13-2-3-13/h4-8,13,17-18,20,22H,2-3,9-10H2,1H3.